The predicted molar refractivity (Wildman–Crippen MR) is 49.0 cm³/mol. The van der Waals surface area contributed by atoms with Crippen LogP contribution in [0.2, 0.25) is 0 Å². The maximum absolute atomic E-state index is 12.2. The molecule has 1 aliphatic carbocycles. The Morgan fingerprint density at radius 1 is 1.23 bits per heavy atom. The van der Waals surface area contributed by atoms with Crippen molar-refractivity contribution in [1.82, 2.24) is 0 Å². The third kappa shape index (κ3) is 3.69. The van der Waals surface area contributed by atoms with Crippen molar-refractivity contribution in [2.24, 2.45) is 16.8 Å². The summed E-state index contributed by atoms with van der Waals surface area (Å²) in [5.74, 6) is 0.950. The first-order chi connectivity index (χ1) is 6.36. The van der Waals surface area contributed by atoms with Gasteiger partial charge in [-0.15, -0.1) is 0 Å². The van der Waals surface area contributed by atoms with Crippen molar-refractivity contribution in [3.63, 3.8) is 0 Å². The molecule has 0 saturated heterocycles. The van der Waals surface area contributed by atoms with Gasteiger partial charge in [-0.3, -0.25) is 4.39 Å². The van der Waals surface area contributed by atoms with E-state index >= 15 is 0 Å². The van der Waals surface area contributed by atoms with Crippen molar-refractivity contribution >= 4 is 6.08 Å². The van der Waals surface area contributed by atoms with Crippen molar-refractivity contribution in [3.05, 3.63) is 0 Å². The fourth-order valence-corrected chi connectivity index (χ4v) is 1.97. The Bertz CT molecular complexity index is 181. The van der Waals surface area contributed by atoms with Gasteiger partial charge in [-0.05, 0) is 31.1 Å². The molecular formula is C10H16FNO. The molecule has 1 saturated carbocycles. The minimum atomic E-state index is -0.167. The van der Waals surface area contributed by atoms with Crippen LogP contribution in [0.5, 0.6) is 0 Å². The molecule has 0 aromatic rings. The lowest BCUT2D eigenvalue weighted by atomic mass is 9.81. The highest BCUT2D eigenvalue weighted by Crippen LogP contribution is 2.30. The van der Waals surface area contributed by atoms with Crippen LogP contribution < -0.4 is 0 Å². The summed E-state index contributed by atoms with van der Waals surface area (Å²) < 4.78 is 12.2. The van der Waals surface area contributed by atoms with Crippen molar-refractivity contribution in [2.45, 2.75) is 32.1 Å². The third-order valence-electron chi connectivity index (χ3n) is 2.90. The molecule has 0 heterocycles. The first-order valence-corrected chi connectivity index (χ1v) is 4.96. The molecule has 0 N–H and O–H groups in total. The molecule has 0 aromatic heterocycles. The van der Waals surface area contributed by atoms with Gasteiger partial charge in [0.2, 0.25) is 6.08 Å². The van der Waals surface area contributed by atoms with E-state index in [0.717, 1.165) is 32.1 Å². The number of hydrogen-bond acceptors (Lipinski definition) is 2. The molecule has 2 nitrogen and oxygen atoms in total. The highest BCUT2D eigenvalue weighted by molar-refractivity contribution is 5.32. The largest absolute Gasteiger partial charge is 0.251 e. The molecule has 0 amide bonds. The lowest BCUT2D eigenvalue weighted by Crippen LogP contribution is -2.16. The maximum atomic E-state index is 12.2. The van der Waals surface area contributed by atoms with Crippen LogP contribution in [0.3, 0.4) is 0 Å². The first kappa shape index (κ1) is 10.4. The molecule has 0 radical (unpaired) electrons. The van der Waals surface area contributed by atoms with Gasteiger partial charge in [0.05, 0.1) is 13.2 Å². The molecule has 74 valence electrons. The van der Waals surface area contributed by atoms with Gasteiger partial charge >= 0.3 is 0 Å². The van der Waals surface area contributed by atoms with E-state index in [0.29, 0.717) is 18.4 Å². The third-order valence-corrected chi connectivity index (χ3v) is 2.90. The second-order valence-corrected chi connectivity index (χ2v) is 3.80. The molecule has 1 fully saturated rings. The monoisotopic (exact) mass is 185 g/mol. The average molecular weight is 185 g/mol. The zero-order valence-corrected chi connectivity index (χ0v) is 7.84. The van der Waals surface area contributed by atoms with E-state index < -0.39 is 0 Å². The molecule has 13 heavy (non-hydrogen) atoms. The number of isocyanates is 1. The van der Waals surface area contributed by atoms with Crippen LogP contribution in [0.25, 0.3) is 0 Å². The summed E-state index contributed by atoms with van der Waals surface area (Å²) in [4.78, 5) is 13.3. The van der Waals surface area contributed by atoms with E-state index in [1.807, 2.05) is 0 Å². The van der Waals surface area contributed by atoms with E-state index in [9.17, 15) is 9.18 Å². The lowest BCUT2D eigenvalue weighted by Gasteiger charge is -2.26. The second-order valence-electron chi connectivity index (χ2n) is 3.80. The van der Waals surface area contributed by atoms with Crippen molar-refractivity contribution in [2.75, 3.05) is 13.2 Å². The standard InChI is InChI=1S/C10H16FNO/c11-7-10-3-1-9(2-4-10)5-6-12-8-13/h9-10H,1-7H2. The molecule has 3 heteroatoms. The van der Waals surface area contributed by atoms with Gasteiger partial charge in [0.25, 0.3) is 0 Å². The number of carbonyl (C=O) groups excluding carboxylic acids is 1. The van der Waals surface area contributed by atoms with Gasteiger partial charge in [0.15, 0.2) is 0 Å². The highest BCUT2D eigenvalue weighted by Gasteiger charge is 2.20. The molecule has 0 bridgehead atoms. The molecule has 0 atom stereocenters. The van der Waals surface area contributed by atoms with Crippen molar-refractivity contribution < 1.29 is 9.18 Å². The summed E-state index contributed by atoms with van der Waals surface area (Å²) in [5.41, 5.74) is 0. The average Bonchev–Trinajstić information content (AvgIpc) is 2.19. The fourth-order valence-electron chi connectivity index (χ4n) is 1.97. The van der Waals surface area contributed by atoms with Crippen molar-refractivity contribution in [3.8, 4) is 0 Å². The summed E-state index contributed by atoms with van der Waals surface area (Å²) in [6.45, 7) is 0.424. The van der Waals surface area contributed by atoms with Gasteiger partial charge in [-0.2, -0.15) is 0 Å². The van der Waals surface area contributed by atoms with Gasteiger partial charge in [0, 0.05) is 0 Å². The second kappa shape index (κ2) is 5.87. The van der Waals surface area contributed by atoms with Crippen LogP contribution in [-0.4, -0.2) is 19.3 Å². The number of hydrogen-bond donors (Lipinski definition) is 0. The number of alkyl halides is 1. The Morgan fingerprint density at radius 2 is 1.85 bits per heavy atom. The fraction of sp³-hybridized carbons (Fsp3) is 0.900. The lowest BCUT2D eigenvalue weighted by molar-refractivity contribution is 0.226. The molecular weight excluding hydrogens is 169 g/mol. The van der Waals surface area contributed by atoms with Crippen LogP contribution in [0, 0.1) is 11.8 Å². The Kier molecular flexibility index (Phi) is 4.69. The van der Waals surface area contributed by atoms with Gasteiger partial charge < -0.3 is 0 Å². The molecule has 0 aliphatic heterocycles. The Morgan fingerprint density at radius 3 is 2.38 bits per heavy atom. The minimum absolute atomic E-state index is 0.167. The summed E-state index contributed by atoms with van der Waals surface area (Å²) in [7, 11) is 0. The van der Waals surface area contributed by atoms with Crippen LogP contribution in [-0.2, 0) is 4.79 Å². The van der Waals surface area contributed by atoms with E-state index in [1.54, 1.807) is 6.08 Å². The zero-order chi connectivity index (χ0) is 9.52. The molecule has 0 spiro atoms. The van der Waals surface area contributed by atoms with Gasteiger partial charge in [-0.25, -0.2) is 9.79 Å². The Labute approximate surface area is 78.2 Å². The summed E-state index contributed by atoms with van der Waals surface area (Å²) in [5, 5.41) is 0. The molecule has 1 rings (SSSR count). The van der Waals surface area contributed by atoms with Crippen molar-refractivity contribution in [1.29, 1.82) is 0 Å². The molecule has 0 aromatic carbocycles. The quantitative estimate of drug-likeness (QED) is 0.488. The predicted octanol–water partition coefficient (Wildman–Crippen LogP) is 2.49. The van der Waals surface area contributed by atoms with Crippen LogP contribution in [0.1, 0.15) is 32.1 Å². The number of halogens is 1. The topological polar surface area (TPSA) is 29.4 Å². The Balaban J connectivity index is 2.13. The van der Waals surface area contributed by atoms with Gasteiger partial charge in [-0.1, -0.05) is 12.8 Å². The smallest absolute Gasteiger partial charge is 0.234 e. The number of rotatable bonds is 4. The number of aliphatic imine (C=N–C) groups is 1. The van der Waals surface area contributed by atoms with Gasteiger partial charge in [0.1, 0.15) is 0 Å². The maximum Gasteiger partial charge on any atom is 0.234 e. The highest BCUT2D eigenvalue weighted by atomic mass is 19.1. The SMILES string of the molecule is O=C=NCCC1CCC(CF)CC1. The van der Waals surface area contributed by atoms with Crippen LogP contribution in [0.15, 0.2) is 4.99 Å². The zero-order valence-electron chi connectivity index (χ0n) is 7.84. The molecule has 1 aliphatic rings. The van der Waals surface area contributed by atoms with Crippen LogP contribution >= 0.6 is 0 Å². The Hall–Kier alpha value is -0.690. The summed E-state index contributed by atoms with van der Waals surface area (Å²) in [6, 6.07) is 0. The summed E-state index contributed by atoms with van der Waals surface area (Å²) >= 11 is 0. The van der Waals surface area contributed by atoms with E-state index in [2.05, 4.69) is 4.99 Å². The summed E-state index contributed by atoms with van der Waals surface area (Å²) in [6.07, 6.45) is 6.72. The van der Waals surface area contributed by atoms with Crippen LogP contribution in [0.4, 0.5) is 4.39 Å². The van der Waals surface area contributed by atoms with E-state index in [4.69, 9.17) is 0 Å². The number of nitrogens with zero attached hydrogens (tertiary/aromatic N) is 1. The molecule has 0 unspecified atom stereocenters. The minimum Gasteiger partial charge on any atom is -0.251 e. The van der Waals surface area contributed by atoms with E-state index in [-0.39, 0.29) is 6.67 Å². The van der Waals surface area contributed by atoms with E-state index in [1.165, 1.54) is 0 Å². The normalized spacial score (nSPS) is 28.1. The first-order valence-electron chi connectivity index (χ1n) is 4.96.